The number of nitrogens with one attached hydrogen (secondary N) is 1. The van der Waals surface area contributed by atoms with Gasteiger partial charge >= 0.3 is 0 Å². The Hall–Kier alpha value is -2.97. The maximum Gasteiger partial charge on any atom is 0.206 e. The van der Waals surface area contributed by atoms with Crippen LogP contribution in [-0.2, 0) is 0 Å². The number of halogens is 1. The minimum Gasteiger partial charge on any atom is -0.382 e. The number of carbonyl (C=O) groups is 1. The molecule has 0 saturated carbocycles. The van der Waals surface area contributed by atoms with Gasteiger partial charge in [0.1, 0.15) is 16.5 Å². The smallest absolute Gasteiger partial charge is 0.206 e. The van der Waals surface area contributed by atoms with Crippen molar-refractivity contribution in [2.45, 2.75) is 31.7 Å². The molecule has 33 heavy (non-hydrogen) atoms. The number of thiazole rings is 1. The van der Waals surface area contributed by atoms with E-state index in [1.807, 2.05) is 12.1 Å². The van der Waals surface area contributed by atoms with E-state index in [2.05, 4.69) is 32.2 Å². The number of nitrogens with zero attached hydrogens (tertiary/aromatic N) is 3. The van der Waals surface area contributed by atoms with Crippen molar-refractivity contribution in [1.29, 1.82) is 0 Å². The van der Waals surface area contributed by atoms with Crippen molar-refractivity contribution in [3.05, 3.63) is 64.8 Å². The first-order chi connectivity index (χ1) is 16.1. The number of hydrogen-bond acceptors (Lipinski definition) is 7. The lowest BCUT2D eigenvalue weighted by molar-refractivity contribution is 0.104. The highest BCUT2D eigenvalue weighted by atomic mass is 32.1. The molecular weight excluding hydrogens is 437 g/mol. The predicted octanol–water partition coefficient (Wildman–Crippen LogP) is 4.90. The number of ketones is 1. The topological polar surface area (TPSA) is 74.5 Å². The number of likely N-dealkylation sites (tertiary alicyclic amines) is 1. The van der Waals surface area contributed by atoms with Crippen LogP contribution in [0.2, 0.25) is 0 Å². The average Bonchev–Trinajstić information content (AvgIpc) is 3.50. The number of anilines is 4. The van der Waals surface area contributed by atoms with Crippen LogP contribution < -0.4 is 16.0 Å². The Balaban J connectivity index is 1.20. The predicted molar refractivity (Wildman–Crippen MR) is 132 cm³/mol. The van der Waals surface area contributed by atoms with Gasteiger partial charge in [0, 0.05) is 36.1 Å². The monoisotopic (exact) mass is 465 g/mol. The van der Waals surface area contributed by atoms with Crippen molar-refractivity contribution in [2.75, 3.05) is 42.1 Å². The van der Waals surface area contributed by atoms with Gasteiger partial charge in [-0.2, -0.15) is 0 Å². The van der Waals surface area contributed by atoms with E-state index in [4.69, 9.17) is 5.73 Å². The number of hydrogen-bond donors (Lipinski definition) is 2. The number of nitrogen functional groups attached to an aromatic ring is 1. The number of aromatic nitrogens is 1. The van der Waals surface area contributed by atoms with Crippen molar-refractivity contribution in [3.8, 4) is 0 Å². The summed E-state index contributed by atoms with van der Waals surface area (Å²) in [6.07, 6.45) is 5.15. The van der Waals surface area contributed by atoms with E-state index in [-0.39, 0.29) is 17.4 Å². The maximum absolute atomic E-state index is 13.1. The number of rotatable bonds is 6. The van der Waals surface area contributed by atoms with Gasteiger partial charge in [0.25, 0.3) is 0 Å². The van der Waals surface area contributed by atoms with E-state index in [0.29, 0.717) is 15.6 Å². The van der Waals surface area contributed by atoms with Gasteiger partial charge < -0.3 is 20.9 Å². The molecule has 3 N–H and O–H groups in total. The van der Waals surface area contributed by atoms with Gasteiger partial charge in [-0.15, -0.1) is 0 Å². The molecule has 2 aliphatic rings. The Morgan fingerprint density at radius 1 is 1.00 bits per heavy atom. The van der Waals surface area contributed by atoms with Gasteiger partial charge in [0.05, 0.1) is 0 Å². The minimum atomic E-state index is -0.384. The summed E-state index contributed by atoms with van der Waals surface area (Å²) in [6.45, 7) is 4.71. The van der Waals surface area contributed by atoms with Crippen LogP contribution in [0.1, 0.15) is 40.9 Å². The number of benzene rings is 2. The normalized spacial score (nSPS) is 17.4. The first-order valence-electron chi connectivity index (χ1n) is 11.5. The highest BCUT2D eigenvalue weighted by molar-refractivity contribution is 7.18. The molecule has 172 valence electrons. The van der Waals surface area contributed by atoms with Crippen LogP contribution in [0.4, 0.5) is 26.7 Å². The highest BCUT2D eigenvalue weighted by Gasteiger charge is 2.26. The second-order valence-corrected chi connectivity index (χ2v) is 9.70. The van der Waals surface area contributed by atoms with Gasteiger partial charge in [-0.25, -0.2) is 9.37 Å². The molecule has 2 saturated heterocycles. The quantitative estimate of drug-likeness (QED) is 0.504. The fourth-order valence-electron chi connectivity index (χ4n) is 4.76. The molecule has 3 heterocycles. The molecule has 0 amide bonds. The van der Waals surface area contributed by atoms with E-state index < -0.39 is 0 Å². The van der Waals surface area contributed by atoms with Gasteiger partial charge in [-0.3, -0.25) is 4.79 Å². The van der Waals surface area contributed by atoms with Crippen molar-refractivity contribution in [1.82, 2.24) is 9.88 Å². The molecule has 5 rings (SSSR count). The van der Waals surface area contributed by atoms with Crippen LogP contribution in [0.15, 0.2) is 48.5 Å². The van der Waals surface area contributed by atoms with Crippen LogP contribution in [0, 0.1) is 5.82 Å². The second-order valence-electron chi connectivity index (χ2n) is 8.70. The molecule has 0 aliphatic carbocycles. The molecule has 1 aromatic heterocycles. The largest absolute Gasteiger partial charge is 0.382 e. The van der Waals surface area contributed by atoms with Crippen molar-refractivity contribution < 1.29 is 9.18 Å². The lowest BCUT2D eigenvalue weighted by Crippen LogP contribution is -2.43. The minimum absolute atomic E-state index is 0.175. The third-order valence-electron chi connectivity index (χ3n) is 6.57. The lowest BCUT2D eigenvalue weighted by atomic mass is 10.0. The Bertz CT molecular complexity index is 1100. The van der Waals surface area contributed by atoms with Gasteiger partial charge in [-0.1, -0.05) is 11.3 Å². The fourth-order valence-corrected chi connectivity index (χ4v) is 5.62. The standard InChI is InChI=1S/C25H28FN5OS/c26-18-5-3-17(4-6-18)22(32)23-24(27)29-25(33-23)28-19-7-9-20(10-8-19)31-15-11-21(12-16-31)30-13-1-2-14-30/h3-10,21H,1-2,11-16,27H2,(H,28,29). The van der Waals surface area contributed by atoms with E-state index >= 15 is 0 Å². The van der Waals surface area contributed by atoms with Crippen molar-refractivity contribution >= 4 is 39.4 Å². The maximum atomic E-state index is 13.1. The van der Waals surface area contributed by atoms with Crippen LogP contribution in [0.25, 0.3) is 0 Å². The molecule has 2 aliphatic heterocycles. The molecule has 0 radical (unpaired) electrons. The van der Waals surface area contributed by atoms with Crippen molar-refractivity contribution in [2.24, 2.45) is 0 Å². The molecule has 2 aromatic carbocycles. The van der Waals surface area contributed by atoms with Crippen LogP contribution in [-0.4, -0.2) is 47.9 Å². The van der Waals surface area contributed by atoms with Gasteiger partial charge in [-0.05, 0) is 87.3 Å². The van der Waals surface area contributed by atoms with E-state index in [9.17, 15) is 9.18 Å². The molecular formula is C25H28FN5OS. The molecule has 0 unspecified atom stereocenters. The van der Waals surface area contributed by atoms with Crippen LogP contribution >= 0.6 is 11.3 Å². The third-order valence-corrected chi connectivity index (χ3v) is 7.56. The summed E-state index contributed by atoms with van der Waals surface area (Å²) in [5.41, 5.74) is 8.50. The third kappa shape index (κ3) is 4.86. The van der Waals surface area contributed by atoms with Crippen molar-refractivity contribution in [3.63, 3.8) is 0 Å². The first kappa shape index (κ1) is 21.9. The molecule has 0 bridgehead atoms. The average molecular weight is 466 g/mol. The van der Waals surface area contributed by atoms with Gasteiger partial charge in [0.2, 0.25) is 5.78 Å². The number of nitrogens with two attached hydrogens (primary N) is 1. The zero-order valence-electron chi connectivity index (χ0n) is 18.5. The SMILES string of the molecule is Nc1nc(Nc2ccc(N3CCC(N4CCCC4)CC3)cc2)sc1C(=O)c1ccc(F)cc1. The fraction of sp³-hybridized carbons (Fsp3) is 0.360. The summed E-state index contributed by atoms with van der Waals surface area (Å²) in [7, 11) is 0. The number of piperidine rings is 1. The Labute approximate surface area is 197 Å². The zero-order valence-corrected chi connectivity index (χ0v) is 19.3. The zero-order chi connectivity index (χ0) is 22.8. The van der Waals surface area contributed by atoms with Crippen LogP contribution in [0.5, 0.6) is 0 Å². The van der Waals surface area contributed by atoms with E-state index in [0.717, 1.165) is 24.8 Å². The highest BCUT2D eigenvalue weighted by Crippen LogP contribution is 2.31. The summed E-state index contributed by atoms with van der Waals surface area (Å²) in [4.78, 5) is 22.5. The summed E-state index contributed by atoms with van der Waals surface area (Å²) >= 11 is 1.20. The second kappa shape index (κ2) is 9.49. The molecule has 3 aromatic rings. The Morgan fingerprint density at radius 3 is 2.33 bits per heavy atom. The summed E-state index contributed by atoms with van der Waals surface area (Å²) in [5.74, 6) is -0.467. The summed E-state index contributed by atoms with van der Waals surface area (Å²) < 4.78 is 13.1. The van der Waals surface area contributed by atoms with Crippen LogP contribution in [0.3, 0.4) is 0 Å². The molecule has 0 spiro atoms. The molecule has 0 atom stereocenters. The first-order valence-corrected chi connectivity index (χ1v) is 12.3. The summed E-state index contributed by atoms with van der Waals surface area (Å²) in [5, 5.41) is 3.80. The molecule has 2 fully saturated rings. The van der Waals surface area contributed by atoms with E-state index in [1.54, 1.807) is 0 Å². The van der Waals surface area contributed by atoms with Gasteiger partial charge in [0.15, 0.2) is 5.13 Å². The molecule has 6 nitrogen and oxygen atoms in total. The summed E-state index contributed by atoms with van der Waals surface area (Å²) in [6, 6.07) is 14.5. The Morgan fingerprint density at radius 2 is 1.67 bits per heavy atom. The van der Waals surface area contributed by atoms with E-state index in [1.165, 1.54) is 80.1 Å². The Kier molecular flexibility index (Phi) is 6.28. The molecule has 8 heteroatoms. The number of carbonyl (C=O) groups excluding carboxylic acids is 1. The lowest BCUT2D eigenvalue weighted by Gasteiger charge is -2.37.